The molecule has 0 spiro atoms. The fourth-order valence-electron chi connectivity index (χ4n) is 3.70. The highest BCUT2D eigenvalue weighted by Crippen LogP contribution is 2.33. The Morgan fingerprint density at radius 2 is 1.74 bits per heavy atom. The summed E-state index contributed by atoms with van der Waals surface area (Å²) in [6.07, 6.45) is 0.898. The number of carbonyl (C=O) groups is 3. The quantitative estimate of drug-likeness (QED) is 0.644. The number of anilines is 1. The van der Waals surface area contributed by atoms with Crippen molar-refractivity contribution in [2.45, 2.75) is 45.9 Å². The topological polar surface area (TPSA) is 98.7 Å². The molecule has 7 nitrogen and oxygen atoms in total. The molecule has 0 aromatic heterocycles. The predicted molar refractivity (Wildman–Crippen MR) is 118 cm³/mol. The van der Waals surface area contributed by atoms with Crippen LogP contribution in [0.1, 0.15) is 58.5 Å². The second-order valence-corrected chi connectivity index (χ2v) is 7.18. The number of hydrogen-bond donors (Lipinski definition) is 3. The number of aliphatic hydroxyl groups excluding tert-OH is 1. The van der Waals surface area contributed by atoms with Crippen LogP contribution in [-0.4, -0.2) is 33.8 Å². The van der Waals surface area contributed by atoms with Gasteiger partial charge in [-0.15, -0.1) is 0 Å². The Balaban J connectivity index is 0.00000132. The van der Waals surface area contributed by atoms with Gasteiger partial charge in [0.15, 0.2) is 0 Å². The third kappa shape index (κ3) is 4.36. The Labute approximate surface area is 181 Å². The fraction of sp³-hybridized carbons (Fsp3) is 0.292. The van der Waals surface area contributed by atoms with Crippen LogP contribution in [0.25, 0.3) is 0 Å². The lowest BCUT2D eigenvalue weighted by atomic mass is 10.0. The molecule has 7 heteroatoms. The van der Waals surface area contributed by atoms with Crippen LogP contribution in [0.15, 0.2) is 54.7 Å². The van der Waals surface area contributed by atoms with Gasteiger partial charge in [-0.05, 0) is 36.1 Å². The number of nitrogens with zero attached hydrogens (tertiary/aromatic N) is 1. The van der Waals surface area contributed by atoms with Crippen LogP contribution >= 0.6 is 0 Å². The van der Waals surface area contributed by atoms with Crippen LogP contribution in [0, 0.1) is 0 Å². The average Bonchev–Trinajstić information content (AvgIpc) is 3.05. The van der Waals surface area contributed by atoms with Crippen molar-refractivity contribution in [1.29, 1.82) is 0 Å². The van der Waals surface area contributed by atoms with E-state index in [0.29, 0.717) is 41.9 Å². The molecule has 2 aromatic rings. The van der Waals surface area contributed by atoms with Crippen molar-refractivity contribution in [2.75, 3.05) is 5.32 Å². The summed E-state index contributed by atoms with van der Waals surface area (Å²) in [5, 5.41) is 15.0. The monoisotopic (exact) mass is 421 g/mol. The van der Waals surface area contributed by atoms with Gasteiger partial charge in [-0.3, -0.25) is 19.3 Å². The number of benzene rings is 2. The van der Waals surface area contributed by atoms with E-state index in [1.54, 1.807) is 18.2 Å². The minimum absolute atomic E-state index is 0.0194. The van der Waals surface area contributed by atoms with Crippen LogP contribution < -0.4 is 10.6 Å². The minimum atomic E-state index is -0.827. The van der Waals surface area contributed by atoms with E-state index in [2.05, 4.69) is 17.2 Å². The van der Waals surface area contributed by atoms with Crippen molar-refractivity contribution < 1.29 is 19.5 Å². The molecule has 0 saturated carbocycles. The lowest BCUT2D eigenvalue weighted by Gasteiger charge is -2.29. The zero-order valence-electron chi connectivity index (χ0n) is 17.8. The fourth-order valence-corrected chi connectivity index (χ4v) is 3.70. The third-order valence-electron chi connectivity index (χ3n) is 5.27. The van der Waals surface area contributed by atoms with E-state index < -0.39 is 17.9 Å². The van der Waals surface area contributed by atoms with Crippen LogP contribution in [0.2, 0.25) is 0 Å². The first-order valence-electron chi connectivity index (χ1n) is 10.4. The summed E-state index contributed by atoms with van der Waals surface area (Å²) in [4.78, 5) is 39.4. The first kappa shape index (κ1) is 22.2. The van der Waals surface area contributed by atoms with Gasteiger partial charge in [0, 0.05) is 17.9 Å². The smallest absolute Gasteiger partial charge is 0.264 e. The molecule has 1 fully saturated rings. The number of nitrogens with one attached hydrogen (secondary N) is 2. The third-order valence-corrected chi connectivity index (χ3v) is 5.27. The molecule has 2 heterocycles. The number of imide groups is 1. The largest absolute Gasteiger partial charge is 0.392 e. The second-order valence-electron chi connectivity index (χ2n) is 7.18. The summed E-state index contributed by atoms with van der Waals surface area (Å²) in [6, 6.07) is 11.7. The van der Waals surface area contributed by atoms with Crippen molar-refractivity contribution in [3.63, 3.8) is 0 Å². The molecule has 2 aromatic carbocycles. The molecule has 31 heavy (non-hydrogen) atoms. The highest BCUT2D eigenvalue weighted by Gasteiger charge is 2.44. The summed E-state index contributed by atoms with van der Waals surface area (Å²) in [6.45, 7) is 8.17. The molecule has 1 saturated heterocycles. The van der Waals surface area contributed by atoms with E-state index in [1.807, 2.05) is 38.1 Å². The van der Waals surface area contributed by atoms with E-state index in [0.717, 1.165) is 16.0 Å². The molecule has 162 valence electrons. The summed E-state index contributed by atoms with van der Waals surface area (Å²) in [5.41, 5.74) is 3.53. The molecule has 1 atom stereocenters. The number of piperidine rings is 1. The Morgan fingerprint density at radius 3 is 2.39 bits per heavy atom. The molecule has 2 aliphatic rings. The summed E-state index contributed by atoms with van der Waals surface area (Å²) in [7, 11) is 0. The SMILES string of the molecule is C=C1CCC(N2C(=O)c3cccc(NCc4ccc(CO)cc4)c3C2=O)C(=O)N1.CC. The van der Waals surface area contributed by atoms with Gasteiger partial charge in [0.2, 0.25) is 5.91 Å². The van der Waals surface area contributed by atoms with Crippen molar-refractivity contribution >= 4 is 23.4 Å². The van der Waals surface area contributed by atoms with Gasteiger partial charge in [-0.2, -0.15) is 0 Å². The summed E-state index contributed by atoms with van der Waals surface area (Å²) < 4.78 is 0. The standard InChI is InChI=1S/C22H21N3O4.C2H6/c1-13-5-10-18(20(27)24-13)25-21(28)16-3-2-4-17(19(16)22(25)29)23-11-14-6-8-15(12-26)9-7-14;1-2/h2-4,6-9,18,23,26H,1,5,10-12H2,(H,24,27);1-2H3. The average molecular weight is 421 g/mol. The molecular weight excluding hydrogens is 394 g/mol. The van der Waals surface area contributed by atoms with Gasteiger partial charge < -0.3 is 15.7 Å². The first-order chi connectivity index (χ1) is 15.0. The Kier molecular flexibility index (Phi) is 6.87. The molecule has 3 N–H and O–H groups in total. The Bertz CT molecular complexity index is 1010. The molecular formula is C24H27N3O4. The van der Waals surface area contributed by atoms with E-state index >= 15 is 0 Å². The van der Waals surface area contributed by atoms with Crippen LogP contribution in [0.5, 0.6) is 0 Å². The van der Waals surface area contributed by atoms with Gasteiger partial charge in [-0.1, -0.05) is 50.8 Å². The first-order valence-corrected chi connectivity index (χ1v) is 10.4. The highest BCUT2D eigenvalue weighted by atomic mass is 16.3. The Hall–Kier alpha value is -3.45. The van der Waals surface area contributed by atoms with Crippen LogP contribution in [0.4, 0.5) is 5.69 Å². The van der Waals surface area contributed by atoms with Crippen LogP contribution in [-0.2, 0) is 17.9 Å². The summed E-state index contributed by atoms with van der Waals surface area (Å²) in [5.74, 6) is -1.29. The second kappa shape index (κ2) is 9.57. The molecule has 0 radical (unpaired) electrons. The summed E-state index contributed by atoms with van der Waals surface area (Å²) >= 11 is 0. The molecule has 4 rings (SSSR count). The lowest BCUT2D eigenvalue weighted by molar-refractivity contribution is -0.125. The molecule has 1 unspecified atom stereocenters. The maximum absolute atomic E-state index is 13.1. The molecule has 0 aliphatic carbocycles. The highest BCUT2D eigenvalue weighted by molar-refractivity contribution is 6.25. The van der Waals surface area contributed by atoms with Gasteiger partial charge >= 0.3 is 0 Å². The maximum Gasteiger partial charge on any atom is 0.264 e. The van der Waals surface area contributed by atoms with Gasteiger partial charge in [0.1, 0.15) is 6.04 Å². The number of fused-ring (bicyclic) bond motifs is 1. The zero-order valence-corrected chi connectivity index (χ0v) is 17.8. The normalized spacial score (nSPS) is 17.6. The number of rotatable bonds is 5. The zero-order chi connectivity index (χ0) is 22.5. The van der Waals surface area contributed by atoms with Gasteiger partial charge in [-0.25, -0.2) is 0 Å². The molecule has 3 amide bonds. The Morgan fingerprint density at radius 1 is 1.06 bits per heavy atom. The molecule has 0 bridgehead atoms. The van der Waals surface area contributed by atoms with Crippen molar-refractivity contribution in [3.8, 4) is 0 Å². The number of aliphatic hydroxyl groups is 1. The number of allylic oxidation sites excluding steroid dienone is 1. The number of amides is 3. The van der Waals surface area contributed by atoms with Crippen molar-refractivity contribution in [2.24, 2.45) is 0 Å². The maximum atomic E-state index is 13.1. The number of carbonyl (C=O) groups excluding carboxylic acids is 3. The van der Waals surface area contributed by atoms with E-state index in [1.165, 1.54) is 0 Å². The van der Waals surface area contributed by atoms with E-state index in [9.17, 15) is 14.4 Å². The van der Waals surface area contributed by atoms with E-state index in [-0.39, 0.29) is 12.5 Å². The predicted octanol–water partition coefficient (Wildman–Crippen LogP) is 3.21. The molecule has 2 aliphatic heterocycles. The number of hydrogen-bond acceptors (Lipinski definition) is 5. The van der Waals surface area contributed by atoms with Crippen molar-refractivity contribution in [3.05, 3.63) is 77.0 Å². The van der Waals surface area contributed by atoms with Crippen molar-refractivity contribution in [1.82, 2.24) is 10.2 Å². The lowest BCUT2D eigenvalue weighted by Crippen LogP contribution is -2.51. The van der Waals surface area contributed by atoms with Gasteiger partial charge in [0.05, 0.1) is 17.7 Å². The van der Waals surface area contributed by atoms with Crippen LogP contribution in [0.3, 0.4) is 0 Å². The van der Waals surface area contributed by atoms with E-state index in [4.69, 9.17) is 5.11 Å². The van der Waals surface area contributed by atoms with Gasteiger partial charge in [0.25, 0.3) is 11.8 Å². The minimum Gasteiger partial charge on any atom is -0.392 e.